The van der Waals surface area contributed by atoms with Crippen molar-refractivity contribution in [1.82, 2.24) is 0 Å². The average molecular weight is 319 g/mol. The van der Waals surface area contributed by atoms with Crippen LogP contribution >= 0.6 is 0 Å². The minimum Gasteiger partial charge on any atom is -0.274 e. The number of carbonyl (C=O) groups excluding carboxylic acids is 2. The molecule has 5 rings (SSSR count). The normalized spacial score (nSPS) is 34.4. The molecule has 0 radical (unpaired) electrons. The first-order valence-corrected chi connectivity index (χ1v) is 9.10. The van der Waals surface area contributed by atoms with Gasteiger partial charge in [-0.05, 0) is 37.8 Å². The third kappa shape index (κ3) is 1.78. The number of anilines is 1. The van der Waals surface area contributed by atoms with Gasteiger partial charge in [0.2, 0.25) is 11.8 Å². The van der Waals surface area contributed by atoms with Gasteiger partial charge < -0.3 is 0 Å². The standard InChI is InChI=1S/C21H21NO2/c23-20-18-15-11-12-16(17(15)13-7-3-1-4-8-13)19(18)21(24)22(20)14-9-5-2-6-10-14/h2,5-6,9-12,15-16,18-19H,1,3-4,7-8H2/t15-,16-,18-,19-/m0/s1. The molecule has 2 saturated carbocycles. The molecule has 3 nitrogen and oxygen atoms in total. The molecular weight excluding hydrogens is 298 g/mol. The van der Waals surface area contributed by atoms with E-state index in [2.05, 4.69) is 12.2 Å². The van der Waals surface area contributed by atoms with E-state index in [0.717, 1.165) is 12.8 Å². The zero-order valence-corrected chi connectivity index (χ0v) is 13.7. The van der Waals surface area contributed by atoms with Crippen LogP contribution in [-0.4, -0.2) is 11.8 Å². The van der Waals surface area contributed by atoms with Crippen LogP contribution in [0.25, 0.3) is 0 Å². The van der Waals surface area contributed by atoms with Crippen molar-refractivity contribution in [1.29, 1.82) is 0 Å². The highest BCUT2D eigenvalue weighted by Crippen LogP contribution is 2.58. The lowest BCUT2D eigenvalue weighted by molar-refractivity contribution is -0.122. The van der Waals surface area contributed by atoms with Crippen LogP contribution in [0.1, 0.15) is 32.1 Å². The second kappa shape index (κ2) is 5.17. The molecule has 122 valence electrons. The van der Waals surface area contributed by atoms with Crippen molar-refractivity contribution in [2.24, 2.45) is 23.7 Å². The second-order valence-electron chi connectivity index (χ2n) is 7.46. The van der Waals surface area contributed by atoms with Crippen LogP contribution in [0.5, 0.6) is 0 Å². The lowest BCUT2D eigenvalue weighted by Crippen LogP contribution is -2.33. The quantitative estimate of drug-likeness (QED) is 0.582. The summed E-state index contributed by atoms with van der Waals surface area (Å²) in [5.74, 6) is -0.00490. The highest BCUT2D eigenvalue weighted by atomic mass is 16.2. The molecule has 2 bridgehead atoms. The number of benzene rings is 1. The van der Waals surface area contributed by atoms with Crippen LogP contribution in [0.2, 0.25) is 0 Å². The van der Waals surface area contributed by atoms with Crippen LogP contribution in [-0.2, 0) is 9.59 Å². The van der Waals surface area contributed by atoms with Gasteiger partial charge in [-0.1, -0.05) is 47.9 Å². The van der Waals surface area contributed by atoms with Gasteiger partial charge in [-0.25, -0.2) is 4.90 Å². The van der Waals surface area contributed by atoms with E-state index in [1.807, 2.05) is 30.3 Å². The molecule has 3 heteroatoms. The van der Waals surface area contributed by atoms with Gasteiger partial charge in [0.25, 0.3) is 0 Å². The average Bonchev–Trinajstić information content (AvgIpc) is 3.26. The Bertz CT molecular complexity index is 734. The Labute approximate surface area is 142 Å². The number of carbonyl (C=O) groups is 2. The predicted octanol–water partition coefficient (Wildman–Crippen LogP) is 3.87. The highest BCUT2D eigenvalue weighted by Gasteiger charge is 2.62. The fraction of sp³-hybridized carbons (Fsp3) is 0.429. The van der Waals surface area contributed by atoms with Gasteiger partial charge in [0.15, 0.2) is 0 Å². The summed E-state index contributed by atoms with van der Waals surface area (Å²) in [6, 6.07) is 9.38. The van der Waals surface area contributed by atoms with Gasteiger partial charge in [-0.3, -0.25) is 9.59 Å². The first kappa shape index (κ1) is 14.2. The Morgan fingerprint density at radius 2 is 1.38 bits per heavy atom. The van der Waals surface area contributed by atoms with E-state index in [1.165, 1.54) is 29.7 Å². The molecule has 0 spiro atoms. The van der Waals surface area contributed by atoms with E-state index in [9.17, 15) is 9.59 Å². The highest BCUT2D eigenvalue weighted by molar-refractivity contribution is 6.23. The number of rotatable bonds is 1. The monoisotopic (exact) mass is 319 g/mol. The van der Waals surface area contributed by atoms with E-state index >= 15 is 0 Å². The third-order valence-corrected chi connectivity index (χ3v) is 6.30. The summed E-state index contributed by atoms with van der Waals surface area (Å²) in [6.45, 7) is 0. The molecule has 4 aliphatic rings. The second-order valence-corrected chi connectivity index (χ2v) is 7.46. The van der Waals surface area contributed by atoms with E-state index in [1.54, 1.807) is 5.57 Å². The lowest BCUT2D eigenvalue weighted by atomic mass is 9.85. The zero-order valence-electron chi connectivity index (χ0n) is 13.7. The Morgan fingerprint density at radius 1 is 0.792 bits per heavy atom. The minimum atomic E-state index is -0.169. The van der Waals surface area contributed by atoms with Gasteiger partial charge in [-0.15, -0.1) is 0 Å². The minimum absolute atomic E-state index is 0.00181. The number of imide groups is 1. The van der Waals surface area contributed by atoms with E-state index in [0.29, 0.717) is 5.69 Å². The zero-order chi connectivity index (χ0) is 16.3. The predicted molar refractivity (Wildman–Crippen MR) is 92.1 cm³/mol. The molecule has 3 fully saturated rings. The first-order valence-electron chi connectivity index (χ1n) is 9.10. The smallest absolute Gasteiger partial charge is 0.238 e. The van der Waals surface area contributed by atoms with Crippen molar-refractivity contribution in [2.45, 2.75) is 32.1 Å². The maximum atomic E-state index is 13.1. The summed E-state index contributed by atoms with van der Waals surface area (Å²) in [4.78, 5) is 27.6. The van der Waals surface area contributed by atoms with Gasteiger partial charge in [0, 0.05) is 11.8 Å². The van der Waals surface area contributed by atoms with Crippen molar-refractivity contribution in [3.63, 3.8) is 0 Å². The molecule has 1 aromatic rings. The van der Waals surface area contributed by atoms with E-state index in [-0.39, 0.29) is 35.5 Å². The van der Waals surface area contributed by atoms with Gasteiger partial charge >= 0.3 is 0 Å². The van der Waals surface area contributed by atoms with Gasteiger partial charge in [0.1, 0.15) is 0 Å². The Morgan fingerprint density at radius 3 is 1.96 bits per heavy atom. The van der Waals surface area contributed by atoms with Gasteiger partial charge in [0.05, 0.1) is 17.5 Å². The van der Waals surface area contributed by atoms with Gasteiger partial charge in [-0.2, -0.15) is 0 Å². The van der Waals surface area contributed by atoms with Crippen molar-refractivity contribution < 1.29 is 9.59 Å². The van der Waals surface area contributed by atoms with E-state index < -0.39 is 0 Å². The van der Waals surface area contributed by atoms with Crippen molar-refractivity contribution >= 4 is 17.5 Å². The number of fused-ring (bicyclic) bond motifs is 5. The molecule has 0 unspecified atom stereocenters. The molecule has 4 atom stereocenters. The maximum absolute atomic E-state index is 13.1. The fourth-order valence-electron chi connectivity index (χ4n) is 5.33. The number of para-hydroxylation sites is 1. The van der Waals surface area contributed by atoms with Crippen LogP contribution < -0.4 is 4.90 Å². The largest absolute Gasteiger partial charge is 0.274 e. The first-order chi connectivity index (χ1) is 11.8. The molecule has 1 heterocycles. The number of amides is 2. The summed E-state index contributed by atoms with van der Waals surface area (Å²) in [5, 5.41) is 0. The number of allylic oxidation sites excluding steroid dienone is 4. The molecule has 3 aliphatic carbocycles. The topological polar surface area (TPSA) is 37.4 Å². The van der Waals surface area contributed by atoms with Crippen molar-refractivity contribution in [3.05, 3.63) is 53.6 Å². The molecule has 2 amide bonds. The van der Waals surface area contributed by atoms with Crippen LogP contribution in [0.15, 0.2) is 53.6 Å². The molecule has 0 aromatic heterocycles. The summed E-state index contributed by atoms with van der Waals surface area (Å²) in [5.41, 5.74) is 3.69. The molecule has 24 heavy (non-hydrogen) atoms. The SMILES string of the molecule is O=C1[C@@H]2[C@@H](C(=O)N1c1ccccc1)[C@H]1C=C[C@H]2C1=C1CCCCC1. The lowest BCUT2D eigenvalue weighted by Gasteiger charge is -2.23. The summed E-state index contributed by atoms with van der Waals surface area (Å²) < 4.78 is 0. The van der Waals surface area contributed by atoms with E-state index in [4.69, 9.17) is 0 Å². The maximum Gasteiger partial charge on any atom is 0.238 e. The van der Waals surface area contributed by atoms with Crippen LogP contribution in [0, 0.1) is 23.7 Å². The van der Waals surface area contributed by atoms with Crippen molar-refractivity contribution in [2.75, 3.05) is 4.90 Å². The molecule has 1 aromatic carbocycles. The van der Waals surface area contributed by atoms with Crippen LogP contribution in [0.3, 0.4) is 0 Å². The Kier molecular flexibility index (Phi) is 3.06. The summed E-state index contributed by atoms with van der Waals surface area (Å²) >= 11 is 0. The fourth-order valence-corrected chi connectivity index (χ4v) is 5.33. The molecule has 0 N–H and O–H groups in total. The summed E-state index contributed by atoms with van der Waals surface area (Å²) in [6.07, 6.45) is 10.5. The number of nitrogens with zero attached hydrogens (tertiary/aromatic N) is 1. The molecular formula is C21H21NO2. The number of hydrogen-bond donors (Lipinski definition) is 0. The van der Waals surface area contributed by atoms with Crippen LogP contribution in [0.4, 0.5) is 5.69 Å². The number of hydrogen-bond acceptors (Lipinski definition) is 2. The molecule has 1 aliphatic heterocycles. The Balaban J connectivity index is 1.54. The third-order valence-electron chi connectivity index (χ3n) is 6.30. The van der Waals surface area contributed by atoms with Crippen molar-refractivity contribution in [3.8, 4) is 0 Å². The molecule has 1 saturated heterocycles. The Hall–Kier alpha value is -2.16. The summed E-state index contributed by atoms with van der Waals surface area (Å²) in [7, 11) is 0.